The van der Waals surface area contributed by atoms with Gasteiger partial charge < -0.3 is 0 Å². The van der Waals surface area contributed by atoms with Gasteiger partial charge in [-0.05, 0) is 29.7 Å². The third-order valence-electron chi connectivity index (χ3n) is 3.37. The molecule has 1 unspecified atom stereocenters. The molecule has 1 atom stereocenters. The van der Waals surface area contributed by atoms with Crippen LogP contribution in [-0.4, -0.2) is 23.7 Å². The van der Waals surface area contributed by atoms with Crippen LogP contribution in [0.5, 0.6) is 0 Å². The average Bonchev–Trinajstić information content (AvgIpc) is 2.35. The van der Waals surface area contributed by atoms with Crippen LogP contribution in [0, 0.1) is 11.8 Å². The Balaban J connectivity index is 2.54. The van der Waals surface area contributed by atoms with Crippen LogP contribution in [0.25, 0.3) is 0 Å². The summed E-state index contributed by atoms with van der Waals surface area (Å²) in [6.07, 6.45) is 0. The van der Waals surface area contributed by atoms with Crippen molar-refractivity contribution in [3.63, 3.8) is 0 Å². The SMILES string of the molecule is CCN(Cc1ccccc1)CC(CS)C(C)C. The van der Waals surface area contributed by atoms with Crippen molar-refractivity contribution in [3.8, 4) is 0 Å². The van der Waals surface area contributed by atoms with Crippen LogP contribution < -0.4 is 0 Å². The maximum atomic E-state index is 4.47. The first-order valence-corrected chi connectivity index (χ1v) is 7.17. The molecule has 0 aliphatic heterocycles. The van der Waals surface area contributed by atoms with Gasteiger partial charge in [0.15, 0.2) is 0 Å². The Morgan fingerprint density at radius 2 is 1.82 bits per heavy atom. The molecular formula is C15H25NS. The van der Waals surface area contributed by atoms with Crippen molar-refractivity contribution in [2.24, 2.45) is 11.8 Å². The second-order valence-corrected chi connectivity index (χ2v) is 5.37. The summed E-state index contributed by atoms with van der Waals surface area (Å²) in [5, 5.41) is 0. The Morgan fingerprint density at radius 3 is 2.29 bits per heavy atom. The van der Waals surface area contributed by atoms with Gasteiger partial charge >= 0.3 is 0 Å². The standard InChI is InChI=1S/C15H25NS/c1-4-16(11-15(12-17)13(2)3)10-14-8-6-5-7-9-14/h5-9,13,15,17H,4,10-12H2,1-3H3. The Bertz CT molecular complexity index is 297. The van der Waals surface area contributed by atoms with E-state index in [2.05, 4.69) is 68.6 Å². The summed E-state index contributed by atoms with van der Waals surface area (Å²) >= 11 is 4.47. The van der Waals surface area contributed by atoms with Gasteiger partial charge in [-0.25, -0.2) is 0 Å². The zero-order valence-corrected chi connectivity index (χ0v) is 12.2. The van der Waals surface area contributed by atoms with E-state index in [1.807, 2.05) is 0 Å². The molecule has 0 radical (unpaired) electrons. The topological polar surface area (TPSA) is 3.24 Å². The predicted octanol–water partition coefficient (Wildman–Crippen LogP) is 3.71. The molecular weight excluding hydrogens is 226 g/mol. The van der Waals surface area contributed by atoms with Gasteiger partial charge in [-0.15, -0.1) is 0 Å². The number of benzene rings is 1. The van der Waals surface area contributed by atoms with Crippen molar-refractivity contribution >= 4 is 12.6 Å². The Morgan fingerprint density at radius 1 is 1.18 bits per heavy atom. The molecule has 0 aromatic heterocycles. The summed E-state index contributed by atoms with van der Waals surface area (Å²) < 4.78 is 0. The summed E-state index contributed by atoms with van der Waals surface area (Å²) in [5.41, 5.74) is 1.40. The highest BCUT2D eigenvalue weighted by Crippen LogP contribution is 2.15. The fraction of sp³-hybridized carbons (Fsp3) is 0.600. The zero-order chi connectivity index (χ0) is 12.7. The molecule has 1 rings (SSSR count). The third kappa shape index (κ3) is 5.13. The van der Waals surface area contributed by atoms with Gasteiger partial charge in [0.2, 0.25) is 0 Å². The summed E-state index contributed by atoms with van der Waals surface area (Å²) in [5.74, 6) is 2.36. The first-order valence-electron chi connectivity index (χ1n) is 6.54. The molecule has 0 bridgehead atoms. The van der Waals surface area contributed by atoms with Crippen molar-refractivity contribution in [3.05, 3.63) is 35.9 Å². The largest absolute Gasteiger partial charge is 0.299 e. The molecule has 0 saturated carbocycles. The molecule has 1 aromatic carbocycles. The molecule has 0 amide bonds. The van der Waals surface area contributed by atoms with E-state index in [9.17, 15) is 0 Å². The van der Waals surface area contributed by atoms with Crippen molar-refractivity contribution in [2.45, 2.75) is 27.3 Å². The molecule has 17 heavy (non-hydrogen) atoms. The Hall–Kier alpha value is -0.470. The van der Waals surface area contributed by atoms with E-state index in [4.69, 9.17) is 0 Å². The normalized spacial score (nSPS) is 13.3. The highest BCUT2D eigenvalue weighted by Gasteiger charge is 2.15. The van der Waals surface area contributed by atoms with Gasteiger partial charge in [-0.2, -0.15) is 12.6 Å². The van der Waals surface area contributed by atoms with Gasteiger partial charge in [0.05, 0.1) is 0 Å². The van der Waals surface area contributed by atoms with E-state index in [0.717, 1.165) is 25.4 Å². The smallest absolute Gasteiger partial charge is 0.0233 e. The number of nitrogens with zero attached hydrogens (tertiary/aromatic N) is 1. The van der Waals surface area contributed by atoms with Gasteiger partial charge in [0.1, 0.15) is 0 Å². The van der Waals surface area contributed by atoms with Gasteiger partial charge in [-0.3, -0.25) is 4.90 Å². The maximum absolute atomic E-state index is 4.47. The molecule has 0 aliphatic rings. The van der Waals surface area contributed by atoms with E-state index < -0.39 is 0 Å². The molecule has 0 heterocycles. The highest BCUT2D eigenvalue weighted by atomic mass is 32.1. The molecule has 0 N–H and O–H groups in total. The Labute approximate surface area is 112 Å². The lowest BCUT2D eigenvalue weighted by Crippen LogP contribution is -2.32. The summed E-state index contributed by atoms with van der Waals surface area (Å²) in [6.45, 7) is 10.1. The molecule has 0 aliphatic carbocycles. The van der Waals surface area contributed by atoms with Crippen LogP contribution in [0.4, 0.5) is 0 Å². The van der Waals surface area contributed by atoms with Gasteiger partial charge in [-0.1, -0.05) is 51.1 Å². The van der Waals surface area contributed by atoms with Crippen LogP contribution in [0.1, 0.15) is 26.3 Å². The molecule has 1 nitrogen and oxygen atoms in total. The van der Waals surface area contributed by atoms with Crippen molar-refractivity contribution in [1.29, 1.82) is 0 Å². The van der Waals surface area contributed by atoms with Crippen molar-refractivity contribution < 1.29 is 0 Å². The minimum atomic E-state index is 0.682. The predicted molar refractivity (Wildman–Crippen MR) is 79.6 cm³/mol. The van der Waals surface area contributed by atoms with Gasteiger partial charge in [0, 0.05) is 13.1 Å². The second-order valence-electron chi connectivity index (χ2n) is 5.00. The van der Waals surface area contributed by atoms with Crippen molar-refractivity contribution in [1.82, 2.24) is 4.90 Å². The fourth-order valence-corrected chi connectivity index (χ4v) is 2.50. The van der Waals surface area contributed by atoms with Gasteiger partial charge in [0.25, 0.3) is 0 Å². The number of hydrogen-bond acceptors (Lipinski definition) is 2. The van der Waals surface area contributed by atoms with E-state index in [1.165, 1.54) is 5.56 Å². The highest BCUT2D eigenvalue weighted by molar-refractivity contribution is 7.80. The summed E-state index contributed by atoms with van der Waals surface area (Å²) in [7, 11) is 0. The second kappa shape index (κ2) is 7.78. The van der Waals surface area contributed by atoms with Crippen molar-refractivity contribution in [2.75, 3.05) is 18.8 Å². The lowest BCUT2D eigenvalue weighted by Gasteiger charge is -2.27. The van der Waals surface area contributed by atoms with Crippen LogP contribution in [0.2, 0.25) is 0 Å². The van der Waals surface area contributed by atoms with Crippen LogP contribution in [-0.2, 0) is 6.54 Å². The minimum absolute atomic E-state index is 0.682. The molecule has 0 spiro atoms. The molecule has 0 saturated heterocycles. The van der Waals surface area contributed by atoms with E-state index >= 15 is 0 Å². The zero-order valence-electron chi connectivity index (χ0n) is 11.3. The van der Waals surface area contributed by atoms with Crippen LogP contribution in [0.15, 0.2) is 30.3 Å². The van der Waals surface area contributed by atoms with E-state index in [0.29, 0.717) is 11.8 Å². The number of hydrogen-bond donors (Lipinski definition) is 1. The fourth-order valence-electron chi connectivity index (χ4n) is 1.96. The van der Waals surface area contributed by atoms with E-state index in [1.54, 1.807) is 0 Å². The maximum Gasteiger partial charge on any atom is 0.0233 e. The Kier molecular flexibility index (Phi) is 6.68. The van der Waals surface area contributed by atoms with Crippen LogP contribution >= 0.6 is 12.6 Å². The molecule has 96 valence electrons. The summed E-state index contributed by atoms with van der Waals surface area (Å²) in [4.78, 5) is 2.51. The minimum Gasteiger partial charge on any atom is -0.299 e. The molecule has 2 heteroatoms. The molecule has 0 fully saturated rings. The van der Waals surface area contributed by atoms with Crippen LogP contribution in [0.3, 0.4) is 0 Å². The summed E-state index contributed by atoms with van der Waals surface area (Å²) in [6, 6.07) is 10.7. The third-order valence-corrected chi connectivity index (χ3v) is 3.84. The lowest BCUT2D eigenvalue weighted by atomic mass is 9.97. The first kappa shape index (κ1) is 14.6. The number of thiol groups is 1. The molecule has 1 aromatic rings. The number of rotatable bonds is 7. The quantitative estimate of drug-likeness (QED) is 0.723. The average molecular weight is 251 g/mol. The first-order chi connectivity index (χ1) is 8.17. The van der Waals surface area contributed by atoms with E-state index in [-0.39, 0.29) is 0 Å². The monoisotopic (exact) mass is 251 g/mol. The lowest BCUT2D eigenvalue weighted by molar-refractivity contribution is 0.216.